The molecule has 0 bridgehead atoms. The number of anilines is 2. The number of carbonyl (C=O) groups is 3. The second kappa shape index (κ2) is 8.88. The maximum absolute atomic E-state index is 12.3. The van der Waals surface area contributed by atoms with E-state index in [1.54, 1.807) is 31.2 Å². The Morgan fingerprint density at radius 1 is 0.966 bits per heavy atom. The summed E-state index contributed by atoms with van der Waals surface area (Å²) in [5.74, 6) is -1.38. The number of esters is 1. The largest absolute Gasteiger partial charge is 0.459 e. The van der Waals surface area contributed by atoms with Gasteiger partial charge in [0, 0.05) is 11.4 Å². The van der Waals surface area contributed by atoms with Crippen molar-refractivity contribution >= 4 is 29.2 Å². The number of rotatable bonds is 6. The summed E-state index contributed by atoms with van der Waals surface area (Å²) in [5.41, 5.74) is 3.06. The van der Waals surface area contributed by atoms with Crippen molar-refractivity contribution in [3.63, 3.8) is 0 Å². The Morgan fingerprint density at radius 2 is 1.79 bits per heavy atom. The van der Waals surface area contributed by atoms with Crippen LogP contribution in [0.2, 0.25) is 0 Å². The highest BCUT2D eigenvalue weighted by Gasteiger charge is 2.15. The summed E-state index contributed by atoms with van der Waals surface area (Å²) in [6.07, 6.45) is 1.40. The van der Waals surface area contributed by atoms with Gasteiger partial charge in [0.25, 0.3) is 11.8 Å². The fourth-order valence-electron chi connectivity index (χ4n) is 2.61. The average molecular weight is 392 g/mol. The van der Waals surface area contributed by atoms with Gasteiger partial charge in [0.2, 0.25) is 0 Å². The zero-order valence-corrected chi connectivity index (χ0v) is 16.0. The van der Waals surface area contributed by atoms with Crippen LogP contribution in [0.25, 0.3) is 0 Å². The lowest BCUT2D eigenvalue weighted by molar-refractivity contribution is -0.119. The number of carbonyl (C=O) groups excluding carboxylic acids is 3. The molecule has 0 aliphatic carbocycles. The van der Waals surface area contributed by atoms with E-state index >= 15 is 0 Å². The summed E-state index contributed by atoms with van der Waals surface area (Å²) in [7, 11) is 0. The predicted octanol–water partition coefficient (Wildman–Crippen LogP) is 3.94. The molecular weight excluding hydrogens is 372 g/mol. The van der Waals surface area contributed by atoms with Gasteiger partial charge in [0.05, 0.1) is 11.8 Å². The first-order valence-electron chi connectivity index (χ1n) is 8.91. The van der Waals surface area contributed by atoms with Crippen LogP contribution in [-0.2, 0) is 9.53 Å². The number of hydrogen-bond acceptors (Lipinski definition) is 5. The smallest absolute Gasteiger partial charge is 0.338 e. The molecule has 7 heteroatoms. The third-order valence-corrected chi connectivity index (χ3v) is 4.10. The summed E-state index contributed by atoms with van der Waals surface area (Å²) >= 11 is 0. The van der Waals surface area contributed by atoms with Crippen LogP contribution in [-0.4, -0.2) is 24.4 Å². The molecule has 0 radical (unpaired) electrons. The quantitative estimate of drug-likeness (QED) is 0.619. The minimum atomic E-state index is -0.669. The van der Waals surface area contributed by atoms with E-state index < -0.39 is 24.4 Å². The van der Waals surface area contributed by atoms with E-state index in [9.17, 15) is 14.4 Å². The highest BCUT2D eigenvalue weighted by molar-refractivity contribution is 6.03. The molecule has 1 aromatic heterocycles. The lowest BCUT2D eigenvalue weighted by Crippen LogP contribution is -2.21. The molecule has 2 amide bonds. The number of nitrogens with one attached hydrogen (secondary N) is 2. The number of ether oxygens (including phenoxy) is 1. The number of amides is 2. The Morgan fingerprint density at radius 3 is 2.52 bits per heavy atom. The Kier molecular flexibility index (Phi) is 6.09. The highest BCUT2D eigenvalue weighted by Crippen LogP contribution is 2.19. The summed E-state index contributed by atoms with van der Waals surface area (Å²) in [6, 6.07) is 15.2. The lowest BCUT2D eigenvalue weighted by atomic mass is 10.1. The van der Waals surface area contributed by atoms with Crippen LogP contribution in [0.15, 0.2) is 65.3 Å². The molecule has 2 aromatic carbocycles. The van der Waals surface area contributed by atoms with E-state index in [4.69, 9.17) is 9.15 Å². The van der Waals surface area contributed by atoms with Gasteiger partial charge < -0.3 is 19.8 Å². The maximum atomic E-state index is 12.3. The minimum absolute atomic E-state index is 0.158. The van der Waals surface area contributed by atoms with E-state index in [0.717, 1.165) is 11.1 Å². The molecule has 0 saturated heterocycles. The Bertz CT molecular complexity index is 1040. The molecule has 0 spiro atoms. The molecule has 2 N–H and O–H groups in total. The Labute approximate surface area is 167 Å². The minimum Gasteiger partial charge on any atom is -0.459 e. The van der Waals surface area contributed by atoms with Gasteiger partial charge in [-0.3, -0.25) is 9.59 Å². The van der Waals surface area contributed by atoms with E-state index in [1.165, 1.54) is 18.4 Å². The zero-order valence-electron chi connectivity index (χ0n) is 16.0. The second-order valence-corrected chi connectivity index (χ2v) is 6.45. The van der Waals surface area contributed by atoms with Gasteiger partial charge in [-0.05, 0) is 61.4 Å². The van der Waals surface area contributed by atoms with Crippen LogP contribution in [0.3, 0.4) is 0 Å². The second-order valence-electron chi connectivity index (χ2n) is 6.45. The molecule has 0 aliphatic rings. The molecule has 0 saturated carbocycles. The topological polar surface area (TPSA) is 97.6 Å². The van der Waals surface area contributed by atoms with Gasteiger partial charge in [-0.15, -0.1) is 0 Å². The van der Waals surface area contributed by atoms with Gasteiger partial charge in [-0.2, -0.15) is 0 Å². The van der Waals surface area contributed by atoms with Crippen molar-refractivity contribution in [3.05, 3.63) is 83.3 Å². The molecule has 1 heterocycles. The molecule has 0 unspecified atom stereocenters. The Hall–Kier alpha value is -3.87. The van der Waals surface area contributed by atoms with Crippen molar-refractivity contribution in [1.82, 2.24) is 0 Å². The first-order chi connectivity index (χ1) is 13.9. The van der Waals surface area contributed by atoms with Crippen LogP contribution in [0.5, 0.6) is 0 Å². The summed E-state index contributed by atoms with van der Waals surface area (Å²) in [5, 5.41) is 5.36. The molecule has 0 atom stereocenters. The molecular formula is C22H20N2O5. The third-order valence-electron chi connectivity index (χ3n) is 4.10. The van der Waals surface area contributed by atoms with E-state index in [2.05, 4.69) is 10.6 Å². The number of hydrogen-bond donors (Lipinski definition) is 2. The zero-order chi connectivity index (χ0) is 20.8. The lowest BCUT2D eigenvalue weighted by Gasteiger charge is -2.10. The van der Waals surface area contributed by atoms with Crippen molar-refractivity contribution in [1.29, 1.82) is 0 Å². The van der Waals surface area contributed by atoms with Gasteiger partial charge in [0.1, 0.15) is 0 Å². The van der Waals surface area contributed by atoms with Crippen LogP contribution in [0.4, 0.5) is 11.4 Å². The normalized spacial score (nSPS) is 10.3. The van der Waals surface area contributed by atoms with Crippen molar-refractivity contribution < 1.29 is 23.5 Å². The molecule has 0 fully saturated rings. The van der Waals surface area contributed by atoms with Crippen LogP contribution in [0.1, 0.15) is 32.0 Å². The fourth-order valence-corrected chi connectivity index (χ4v) is 2.61. The summed E-state index contributed by atoms with van der Waals surface area (Å²) in [6.45, 7) is 3.28. The van der Waals surface area contributed by atoms with Gasteiger partial charge in [-0.25, -0.2) is 4.79 Å². The average Bonchev–Trinajstić information content (AvgIpc) is 3.23. The molecule has 29 heavy (non-hydrogen) atoms. The van der Waals surface area contributed by atoms with Crippen LogP contribution < -0.4 is 10.6 Å². The maximum Gasteiger partial charge on any atom is 0.338 e. The van der Waals surface area contributed by atoms with Gasteiger partial charge in [0.15, 0.2) is 12.4 Å². The van der Waals surface area contributed by atoms with E-state index in [-0.39, 0.29) is 11.3 Å². The molecule has 3 aromatic rings. The molecule has 3 rings (SSSR count). The van der Waals surface area contributed by atoms with E-state index in [1.807, 2.05) is 25.1 Å². The van der Waals surface area contributed by atoms with Gasteiger partial charge in [-0.1, -0.05) is 18.2 Å². The highest BCUT2D eigenvalue weighted by atomic mass is 16.5. The van der Waals surface area contributed by atoms with Crippen molar-refractivity contribution in [2.75, 3.05) is 17.2 Å². The standard InChI is InChI=1S/C22H20N2O5/c1-14-5-3-6-17(11-14)23-20(25)13-29-22(27)16-9-8-15(2)18(12-16)24-21(26)19-7-4-10-28-19/h3-12H,13H2,1-2H3,(H,23,25)(H,24,26). The third kappa shape index (κ3) is 5.32. The fraction of sp³-hybridized carbons (Fsp3) is 0.136. The number of benzene rings is 2. The van der Waals surface area contributed by atoms with Gasteiger partial charge >= 0.3 is 5.97 Å². The molecule has 0 aliphatic heterocycles. The van der Waals surface area contributed by atoms with Crippen molar-refractivity contribution in [2.24, 2.45) is 0 Å². The summed E-state index contributed by atoms with van der Waals surface area (Å²) < 4.78 is 10.1. The van der Waals surface area contributed by atoms with Crippen molar-refractivity contribution in [3.8, 4) is 0 Å². The molecule has 7 nitrogen and oxygen atoms in total. The Balaban J connectivity index is 1.60. The SMILES string of the molecule is Cc1cccc(NC(=O)COC(=O)c2ccc(C)c(NC(=O)c3ccco3)c2)c1. The number of furan rings is 1. The van der Waals surface area contributed by atoms with Crippen molar-refractivity contribution in [2.45, 2.75) is 13.8 Å². The van der Waals surface area contributed by atoms with E-state index in [0.29, 0.717) is 11.4 Å². The molecule has 148 valence electrons. The number of aryl methyl sites for hydroxylation is 2. The predicted molar refractivity (Wildman–Crippen MR) is 108 cm³/mol. The van der Waals surface area contributed by atoms with Crippen LogP contribution >= 0.6 is 0 Å². The van der Waals surface area contributed by atoms with Crippen LogP contribution in [0, 0.1) is 13.8 Å². The monoisotopic (exact) mass is 392 g/mol. The first-order valence-corrected chi connectivity index (χ1v) is 8.91. The summed E-state index contributed by atoms with van der Waals surface area (Å²) in [4.78, 5) is 36.4. The first kappa shape index (κ1) is 19.9.